The highest BCUT2D eigenvalue weighted by Crippen LogP contribution is 2.43. The van der Waals surface area contributed by atoms with Crippen molar-refractivity contribution in [2.24, 2.45) is 0 Å². The van der Waals surface area contributed by atoms with Gasteiger partial charge in [0.05, 0.1) is 25.3 Å². The lowest BCUT2D eigenvalue weighted by molar-refractivity contribution is -0.132. The Bertz CT molecular complexity index is 1280. The molecule has 0 bridgehead atoms. The number of nitrogens with zero attached hydrogens (tertiary/aromatic N) is 1. The summed E-state index contributed by atoms with van der Waals surface area (Å²) >= 11 is 0. The van der Waals surface area contributed by atoms with Crippen LogP contribution in [0.1, 0.15) is 41.6 Å². The van der Waals surface area contributed by atoms with Gasteiger partial charge in [0.2, 0.25) is 0 Å². The predicted octanol–water partition coefficient (Wildman–Crippen LogP) is 5.73. The van der Waals surface area contributed by atoms with Crippen molar-refractivity contribution >= 4 is 23.1 Å². The van der Waals surface area contributed by atoms with E-state index in [1.807, 2.05) is 39.0 Å². The SMILES string of the molecule is CCCOc1ccc(/C(O)=C2\C(=O)C(=O)N(c3ccc(C)cc3C)C2c2ccc(OC)cc2)cc1. The first-order valence-electron chi connectivity index (χ1n) is 11.6. The zero-order chi connectivity index (χ0) is 25.1. The fraction of sp³-hybridized carbons (Fsp3) is 0.241. The van der Waals surface area contributed by atoms with Crippen molar-refractivity contribution < 1.29 is 24.2 Å². The van der Waals surface area contributed by atoms with Crippen molar-refractivity contribution in [2.75, 3.05) is 18.6 Å². The van der Waals surface area contributed by atoms with E-state index in [9.17, 15) is 14.7 Å². The van der Waals surface area contributed by atoms with Crippen molar-refractivity contribution in [3.8, 4) is 11.5 Å². The number of ketones is 1. The van der Waals surface area contributed by atoms with E-state index in [4.69, 9.17) is 9.47 Å². The molecule has 1 unspecified atom stereocenters. The number of aliphatic hydroxyl groups excluding tert-OH is 1. The number of carbonyl (C=O) groups is 2. The molecule has 1 saturated heterocycles. The number of methoxy groups -OCH3 is 1. The van der Waals surface area contributed by atoms with Crippen LogP contribution in [0.5, 0.6) is 11.5 Å². The number of ether oxygens (including phenoxy) is 2. The Kier molecular flexibility index (Phi) is 6.92. The Balaban J connectivity index is 1.86. The molecule has 0 saturated carbocycles. The molecular weight excluding hydrogens is 442 g/mol. The normalized spacial score (nSPS) is 17.0. The average Bonchev–Trinajstić information content (AvgIpc) is 3.13. The van der Waals surface area contributed by atoms with Gasteiger partial charge in [0, 0.05) is 11.3 Å². The lowest BCUT2D eigenvalue weighted by Gasteiger charge is -2.27. The average molecular weight is 472 g/mol. The molecule has 3 aromatic rings. The third-order valence-corrected chi connectivity index (χ3v) is 6.09. The highest BCUT2D eigenvalue weighted by molar-refractivity contribution is 6.51. The molecule has 1 heterocycles. The van der Waals surface area contributed by atoms with Crippen LogP contribution in [0.3, 0.4) is 0 Å². The number of carbonyl (C=O) groups excluding carboxylic acids is 2. The van der Waals surface area contributed by atoms with E-state index < -0.39 is 17.7 Å². The standard InChI is InChI=1S/C29H29NO5/c1-5-16-35-23-13-9-21(10-14-23)27(31)25-26(20-7-11-22(34-4)12-8-20)30(29(33)28(25)32)24-15-6-18(2)17-19(24)3/h6-15,17,26,31H,5,16H2,1-4H3/b27-25+. The van der Waals surface area contributed by atoms with Crippen LogP contribution >= 0.6 is 0 Å². The van der Waals surface area contributed by atoms with Gasteiger partial charge in [-0.1, -0.05) is 36.8 Å². The van der Waals surface area contributed by atoms with Crippen LogP contribution in [0.4, 0.5) is 5.69 Å². The number of amides is 1. The van der Waals surface area contributed by atoms with Crippen LogP contribution in [0.2, 0.25) is 0 Å². The molecule has 0 spiro atoms. The molecule has 6 heteroatoms. The van der Waals surface area contributed by atoms with E-state index in [-0.39, 0.29) is 11.3 Å². The minimum atomic E-state index is -0.793. The summed E-state index contributed by atoms with van der Waals surface area (Å²) in [6.07, 6.45) is 0.880. The summed E-state index contributed by atoms with van der Waals surface area (Å²) < 4.78 is 10.9. The summed E-state index contributed by atoms with van der Waals surface area (Å²) in [5, 5.41) is 11.3. The number of benzene rings is 3. The number of hydrogen-bond donors (Lipinski definition) is 1. The van der Waals surface area contributed by atoms with Gasteiger partial charge in [-0.25, -0.2) is 0 Å². The van der Waals surface area contributed by atoms with Crippen molar-refractivity contribution in [2.45, 2.75) is 33.2 Å². The molecule has 1 amide bonds. The Morgan fingerprint density at radius 2 is 1.60 bits per heavy atom. The Morgan fingerprint density at radius 3 is 2.20 bits per heavy atom. The monoisotopic (exact) mass is 471 g/mol. The van der Waals surface area contributed by atoms with Crippen LogP contribution < -0.4 is 14.4 Å². The fourth-order valence-electron chi connectivity index (χ4n) is 4.34. The van der Waals surface area contributed by atoms with E-state index in [1.54, 1.807) is 55.6 Å². The Labute approximate surface area is 205 Å². The first-order valence-corrected chi connectivity index (χ1v) is 11.6. The summed E-state index contributed by atoms with van der Waals surface area (Å²) in [5.74, 6) is -0.305. The fourth-order valence-corrected chi connectivity index (χ4v) is 4.34. The quantitative estimate of drug-likeness (QED) is 0.271. The van der Waals surface area contributed by atoms with E-state index >= 15 is 0 Å². The van der Waals surface area contributed by atoms with Gasteiger partial charge in [0.1, 0.15) is 17.3 Å². The molecule has 4 rings (SSSR count). The van der Waals surface area contributed by atoms with Gasteiger partial charge in [0.25, 0.3) is 11.7 Å². The molecule has 0 aromatic heterocycles. The minimum Gasteiger partial charge on any atom is -0.507 e. The van der Waals surface area contributed by atoms with E-state index in [2.05, 4.69) is 0 Å². The maximum absolute atomic E-state index is 13.4. The first-order chi connectivity index (χ1) is 16.8. The second-order valence-corrected chi connectivity index (χ2v) is 8.61. The minimum absolute atomic E-state index is 0.0439. The highest BCUT2D eigenvalue weighted by Gasteiger charge is 2.47. The van der Waals surface area contributed by atoms with Gasteiger partial charge in [-0.3, -0.25) is 14.5 Å². The lowest BCUT2D eigenvalue weighted by atomic mass is 9.94. The number of aliphatic hydroxyl groups is 1. The van der Waals surface area contributed by atoms with E-state index in [0.29, 0.717) is 34.9 Å². The molecule has 6 nitrogen and oxygen atoms in total. The number of Topliss-reactive ketones (excluding diaryl/α,β-unsaturated/α-hetero) is 1. The maximum Gasteiger partial charge on any atom is 0.300 e. The second-order valence-electron chi connectivity index (χ2n) is 8.61. The Hall–Kier alpha value is -4.06. The van der Waals surface area contributed by atoms with Gasteiger partial charge in [-0.2, -0.15) is 0 Å². The molecule has 1 fully saturated rings. The summed E-state index contributed by atoms with van der Waals surface area (Å²) in [5.41, 5.74) is 3.71. The van der Waals surface area contributed by atoms with Crippen molar-refractivity contribution in [1.29, 1.82) is 0 Å². The molecular formula is C29H29NO5. The van der Waals surface area contributed by atoms with Crippen LogP contribution in [0.15, 0.2) is 72.3 Å². The van der Waals surface area contributed by atoms with Gasteiger partial charge in [-0.05, 0) is 73.9 Å². The van der Waals surface area contributed by atoms with Gasteiger partial charge in [0.15, 0.2) is 0 Å². The first kappa shape index (κ1) is 24.1. The second kappa shape index (κ2) is 10.1. The summed E-state index contributed by atoms with van der Waals surface area (Å²) in [6, 6.07) is 18.9. The topological polar surface area (TPSA) is 76.1 Å². The Morgan fingerprint density at radius 1 is 0.943 bits per heavy atom. The molecule has 0 aliphatic carbocycles. The van der Waals surface area contributed by atoms with Crippen molar-refractivity contribution in [3.05, 3.63) is 94.6 Å². The maximum atomic E-state index is 13.4. The molecule has 1 aliphatic heterocycles. The van der Waals surface area contributed by atoms with E-state index in [1.165, 1.54) is 4.90 Å². The van der Waals surface area contributed by atoms with Crippen LogP contribution in [-0.2, 0) is 9.59 Å². The van der Waals surface area contributed by atoms with Gasteiger partial charge < -0.3 is 14.6 Å². The van der Waals surface area contributed by atoms with Crippen molar-refractivity contribution in [1.82, 2.24) is 0 Å². The number of aryl methyl sites for hydroxylation is 2. The number of hydrogen-bond acceptors (Lipinski definition) is 5. The van der Waals surface area contributed by atoms with E-state index in [0.717, 1.165) is 17.5 Å². The van der Waals surface area contributed by atoms with Gasteiger partial charge >= 0.3 is 0 Å². The molecule has 0 radical (unpaired) electrons. The van der Waals surface area contributed by atoms with Crippen LogP contribution in [0.25, 0.3) is 5.76 Å². The molecule has 35 heavy (non-hydrogen) atoms. The largest absolute Gasteiger partial charge is 0.507 e. The highest BCUT2D eigenvalue weighted by atomic mass is 16.5. The van der Waals surface area contributed by atoms with Crippen molar-refractivity contribution in [3.63, 3.8) is 0 Å². The predicted molar refractivity (Wildman–Crippen MR) is 136 cm³/mol. The smallest absolute Gasteiger partial charge is 0.300 e. The molecule has 180 valence electrons. The summed E-state index contributed by atoms with van der Waals surface area (Å²) in [7, 11) is 1.57. The van der Waals surface area contributed by atoms with Crippen LogP contribution in [-0.4, -0.2) is 30.5 Å². The number of rotatable bonds is 7. The summed E-state index contributed by atoms with van der Waals surface area (Å²) in [4.78, 5) is 28.2. The summed E-state index contributed by atoms with van der Waals surface area (Å²) in [6.45, 7) is 6.49. The molecule has 3 aromatic carbocycles. The third kappa shape index (κ3) is 4.64. The zero-order valence-corrected chi connectivity index (χ0v) is 20.4. The zero-order valence-electron chi connectivity index (χ0n) is 20.4. The molecule has 1 atom stereocenters. The van der Waals surface area contributed by atoms with Crippen LogP contribution in [0, 0.1) is 13.8 Å². The third-order valence-electron chi connectivity index (χ3n) is 6.09. The molecule has 1 aliphatic rings. The van der Waals surface area contributed by atoms with Gasteiger partial charge in [-0.15, -0.1) is 0 Å². The number of anilines is 1. The molecule has 1 N–H and O–H groups in total. The lowest BCUT2D eigenvalue weighted by Crippen LogP contribution is -2.30.